The molecule has 0 saturated heterocycles. The number of thioether (sulfide) groups is 1. The van der Waals surface area contributed by atoms with Crippen molar-refractivity contribution in [2.75, 3.05) is 18.1 Å². The molecule has 3 nitrogen and oxygen atoms in total. The first kappa shape index (κ1) is 17.3. The van der Waals surface area contributed by atoms with E-state index >= 15 is 0 Å². The number of hydrogen-bond donors (Lipinski definition) is 1. The largest absolute Gasteiger partial charge is 0.325 e. The Morgan fingerprint density at radius 1 is 1.25 bits per heavy atom. The van der Waals surface area contributed by atoms with Crippen molar-refractivity contribution in [2.24, 2.45) is 0 Å². The molecule has 0 spiro atoms. The maximum Gasteiger partial charge on any atom is 0.238 e. The third-order valence-corrected chi connectivity index (χ3v) is 5.04. The van der Waals surface area contributed by atoms with E-state index in [0.29, 0.717) is 12.6 Å². The first-order chi connectivity index (χ1) is 11.6. The van der Waals surface area contributed by atoms with E-state index in [0.717, 1.165) is 22.2 Å². The van der Waals surface area contributed by atoms with Gasteiger partial charge in [-0.05, 0) is 55.0 Å². The van der Waals surface area contributed by atoms with Gasteiger partial charge in [0.25, 0.3) is 0 Å². The second-order valence-corrected chi connectivity index (χ2v) is 7.36. The van der Waals surface area contributed by atoms with Crippen molar-refractivity contribution in [3.05, 3.63) is 59.1 Å². The molecular formula is C19H21ClN2OS. The zero-order valence-corrected chi connectivity index (χ0v) is 15.2. The van der Waals surface area contributed by atoms with E-state index in [1.807, 2.05) is 54.8 Å². The molecule has 2 aromatic carbocycles. The number of nitrogens with zero attached hydrogens (tertiary/aromatic N) is 1. The SMILES string of the molecule is CSc1cccc(NC(=O)CN(Cc2ccc(Cl)cc2)C2CC2)c1. The number of hydrogen-bond acceptors (Lipinski definition) is 3. The Balaban J connectivity index is 1.60. The third kappa shape index (κ3) is 5.00. The van der Waals surface area contributed by atoms with E-state index in [1.165, 1.54) is 18.4 Å². The Labute approximate surface area is 152 Å². The minimum Gasteiger partial charge on any atom is -0.325 e. The molecule has 24 heavy (non-hydrogen) atoms. The van der Waals surface area contributed by atoms with Crippen LogP contribution < -0.4 is 5.32 Å². The van der Waals surface area contributed by atoms with Gasteiger partial charge in [-0.2, -0.15) is 0 Å². The van der Waals surface area contributed by atoms with Crippen LogP contribution in [-0.2, 0) is 11.3 Å². The quantitative estimate of drug-likeness (QED) is 0.728. The van der Waals surface area contributed by atoms with Crippen molar-refractivity contribution in [3.8, 4) is 0 Å². The Hall–Kier alpha value is -1.49. The van der Waals surface area contributed by atoms with Crippen LogP contribution in [0.2, 0.25) is 5.02 Å². The number of amides is 1. The van der Waals surface area contributed by atoms with Crippen LogP contribution in [0.3, 0.4) is 0 Å². The molecule has 5 heteroatoms. The molecule has 1 aliphatic carbocycles. The minimum absolute atomic E-state index is 0.0362. The van der Waals surface area contributed by atoms with Crippen LogP contribution in [0.15, 0.2) is 53.4 Å². The van der Waals surface area contributed by atoms with Gasteiger partial charge in [-0.15, -0.1) is 11.8 Å². The average Bonchev–Trinajstić information content (AvgIpc) is 3.41. The molecule has 126 valence electrons. The predicted octanol–water partition coefficient (Wildman–Crippen LogP) is 4.67. The molecule has 0 aromatic heterocycles. The number of carbonyl (C=O) groups is 1. The lowest BCUT2D eigenvalue weighted by Gasteiger charge is -2.21. The fourth-order valence-electron chi connectivity index (χ4n) is 2.66. The molecule has 0 aliphatic heterocycles. The first-order valence-electron chi connectivity index (χ1n) is 8.06. The van der Waals surface area contributed by atoms with Crippen molar-refractivity contribution in [1.29, 1.82) is 0 Å². The minimum atomic E-state index is 0.0362. The topological polar surface area (TPSA) is 32.3 Å². The van der Waals surface area contributed by atoms with Gasteiger partial charge in [0.1, 0.15) is 0 Å². The number of benzene rings is 2. The summed E-state index contributed by atoms with van der Waals surface area (Å²) >= 11 is 7.61. The van der Waals surface area contributed by atoms with Crippen LogP contribution in [0.25, 0.3) is 0 Å². The molecule has 2 aromatic rings. The van der Waals surface area contributed by atoms with Crippen molar-refractivity contribution < 1.29 is 4.79 Å². The third-order valence-electron chi connectivity index (χ3n) is 4.06. The molecule has 0 atom stereocenters. The Bertz CT molecular complexity index is 701. The maximum absolute atomic E-state index is 12.4. The molecule has 1 saturated carbocycles. The van der Waals surface area contributed by atoms with Gasteiger partial charge >= 0.3 is 0 Å². The van der Waals surface area contributed by atoms with Gasteiger partial charge in [-0.3, -0.25) is 9.69 Å². The number of rotatable bonds is 7. The lowest BCUT2D eigenvalue weighted by atomic mass is 10.2. The summed E-state index contributed by atoms with van der Waals surface area (Å²) in [6.07, 6.45) is 4.37. The van der Waals surface area contributed by atoms with Crippen LogP contribution in [0.1, 0.15) is 18.4 Å². The molecule has 1 amide bonds. The van der Waals surface area contributed by atoms with Gasteiger partial charge in [-0.25, -0.2) is 0 Å². The molecule has 1 fully saturated rings. The van der Waals surface area contributed by atoms with Gasteiger partial charge in [0.15, 0.2) is 0 Å². The molecule has 0 radical (unpaired) electrons. The molecule has 1 N–H and O–H groups in total. The van der Waals surface area contributed by atoms with E-state index < -0.39 is 0 Å². The van der Waals surface area contributed by atoms with Gasteiger partial charge in [0.2, 0.25) is 5.91 Å². The van der Waals surface area contributed by atoms with Crippen molar-refractivity contribution in [2.45, 2.75) is 30.3 Å². The highest BCUT2D eigenvalue weighted by molar-refractivity contribution is 7.98. The van der Waals surface area contributed by atoms with Gasteiger partial charge in [0.05, 0.1) is 6.54 Å². The van der Waals surface area contributed by atoms with Crippen LogP contribution >= 0.6 is 23.4 Å². The molecule has 3 rings (SSSR count). The fraction of sp³-hybridized carbons (Fsp3) is 0.316. The molecule has 0 bridgehead atoms. The van der Waals surface area contributed by atoms with Crippen LogP contribution in [0.5, 0.6) is 0 Å². The maximum atomic E-state index is 12.4. The highest BCUT2D eigenvalue weighted by atomic mass is 35.5. The molecule has 1 aliphatic rings. The van der Waals surface area contributed by atoms with E-state index in [9.17, 15) is 4.79 Å². The zero-order valence-electron chi connectivity index (χ0n) is 13.7. The Morgan fingerprint density at radius 3 is 2.67 bits per heavy atom. The van der Waals surface area contributed by atoms with Crippen molar-refractivity contribution in [1.82, 2.24) is 4.90 Å². The van der Waals surface area contributed by atoms with Crippen molar-refractivity contribution >= 4 is 35.0 Å². The monoisotopic (exact) mass is 360 g/mol. The Kier molecular flexibility index (Phi) is 5.82. The predicted molar refractivity (Wildman–Crippen MR) is 102 cm³/mol. The summed E-state index contributed by atoms with van der Waals surface area (Å²) in [7, 11) is 0. The standard InChI is InChI=1S/C19H21ClN2OS/c1-24-18-4-2-3-16(11-18)21-19(23)13-22(17-9-10-17)12-14-5-7-15(20)8-6-14/h2-8,11,17H,9-10,12-13H2,1H3,(H,21,23). The number of nitrogens with one attached hydrogen (secondary N) is 1. The molecule has 0 unspecified atom stereocenters. The van der Waals surface area contributed by atoms with E-state index in [-0.39, 0.29) is 5.91 Å². The summed E-state index contributed by atoms with van der Waals surface area (Å²) in [4.78, 5) is 15.8. The smallest absolute Gasteiger partial charge is 0.238 e. The van der Waals surface area contributed by atoms with Crippen LogP contribution in [-0.4, -0.2) is 29.6 Å². The second kappa shape index (κ2) is 8.06. The lowest BCUT2D eigenvalue weighted by Crippen LogP contribution is -2.34. The van der Waals surface area contributed by atoms with Gasteiger partial charge in [-0.1, -0.05) is 29.8 Å². The van der Waals surface area contributed by atoms with Crippen molar-refractivity contribution in [3.63, 3.8) is 0 Å². The highest BCUT2D eigenvalue weighted by Crippen LogP contribution is 2.28. The van der Waals surface area contributed by atoms with Gasteiger partial charge < -0.3 is 5.32 Å². The second-order valence-electron chi connectivity index (χ2n) is 6.04. The lowest BCUT2D eigenvalue weighted by molar-refractivity contribution is -0.117. The highest BCUT2D eigenvalue weighted by Gasteiger charge is 2.30. The summed E-state index contributed by atoms with van der Waals surface area (Å²) < 4.78 is 0. The fourth-order valence-corrected chi connectivity index (χ4v) is 3.25. The number of anilines is 1. The summed E-state index contributed by atoms with van der Waals surface area (Å²) in [6, 6.07) is 16.3. The molecular weight excluding hydrogens is 340 g/mol. The van der Waals surface area contributed by atoms with Crippen LogP contribution in [0, 0.1) is 0 Å². The summed E-state index contributed by atoms with van der Waals surface area (Å²) in [6.45, 7) is 1.19. The summed E-state index contributed by atoms with van der Waals surface area (Å²) in [5, 5.41) is 3.75. The number of halogens is 1. The number of carbonyl (C=O) groups excluding carboxylic acids is 1. The van der Waals surface area contributed by atoms with Crippen LogP contribution in [0.4, 0.5) is 5.69 Å². The first-order valence-corrected chi connectivity index (χ1v) is 9.67. The summed E-state index contributed by atoms with van der Waals surface area (Å²) in [5.74, 6) is 0.0362. The van der Waals surface area contributed by atoms with E-state index in [2.05, 4.69) is 10.2 Å². The zero-order chi connectivity index (χ0) is 16.9. The van der Waals surface area contributed by atoms with Gasteiger partial charge in [0, 0.05) is 28.2 Å². The normalized spacial score (nSPS) is 14.0. The van der Waals surface area contributed by atoms with E-state index in [4.69, 9.17) is 11.6 Å². The molecule has 0 heterocycles. The summed E-state index contributed by atoms with van der Waals surface area (Å²) in [5.41, 5.74) is 2.04. The average molecular weight is 361 g/mol. The van der Waals surface area contributed by atoms with E-state index in [1.54, 1.807) is 11.8 Å². The Morgan fingerprint density at radius 2 is 2.00 bits per heavy atom.